The zero-order valence-corrected chi connectivity index (χ0v) is 9.28. The van der Waals surface area contributed by atoms with Gasteiger partial charge in [-0.15, -0.1) is 0 Å². The smallest absolute Gasteiger partial charge is 0.161 e. The maximum absolute atomic E-state index is 5.52. The number of fused-ring (bicyclic) bond motifs is 1. The molecule has 4 heteroatoms. The first-order valence-corrected chi connectivity index (χ1v) is 5.60. The standard InChI is InChI=1S/C12H17NO3/c13-16-6-2-1-3-10-4-5-11-12(9-10)15-8-7-14-11/h4-5,9H,1-3,6-8,13H2. The van der Waals surface area contributed by atoms with Gasteiger partial charge in [-0.25, -0.2) is 5.90 Å². The van der Waals surface area contributed by atoms with Crippen LogP contribution in [0.15, 0.2) is 18.2 Å². The molecular formula is C12H17NO3. The van der Waals surface area contributed by atoms with Crippen LogP contribution >= 0.6 is 0 Å². The summed E-state index contributed by atoms with van der Waals surface area (Å²) in [6.45, 7) is 1.89. The Morgan fingerprint density at radius 1 is 1.12 bits per heavy atom. The van der Waals surface area contributed by atoms with Gasteiger partial charge in [0.15, 0.2) is 11.5 Å². The largest absolute Gasteiger partial charge is 0.486 e. The van der Waals surface area contributed by atoms with Crippen LogP contribution in [0.5, 0.6) is 11.5 Å². The molecular weight excluding hydrogens is 206 g/mol. The average Bonchev–Trinajstić information content (AvgIpc) is 2.34. The third kappa shape index (κ3) is 2.87. The summed E-state index contributed by atoms with van der Waals surface area (Å²) >= 11 is 0. The van der Waals surface area contributed by atoms with E-state index in [1.807, 2.05) is 6.07 Å². The maximum atomic E-state index is 5.52. The molecule has 0 amide bonds. The van der Waals surface area contributed by atoms with Gasteiger partial charge >= 0.3 is 0 Å². The Hall–Kier alpha value is -1.26. The Kier molecular flexibility index (Phi) is 4.02. The molecule has 88 valence electrons. The fourth-order valence-electron chi connectivity index (χ4n) is 1.76. The molecule has 0 bridgehead atoms. The highest BCUT2D eigenvalue weighted by molar-refractivity contribution is 5.43. The molecule has 1 aromatic carbocycles. The van der Waals surface area contributed by atoms with Crippen LogP contribution < -0.4 is 15.4 Å². The first kappa shape index (κ1) is 11.2. The van der Waals surface area contributed by atoms with Crippen molar-refractivity contribution in [1.29, 1.82) is 0 Å². The van der Waals surface area contributed by atoms with Crippen molar-refractivity contribution in [3.63, 3.8) is 0 Å². The van der Waals surface area contributed by atoms with E-state index >= 15 is 0 Å². The van der Waals surface area contributed by atoms with Gasteiger partial charge in [-0.1, -0.05) is 6.07 Å². The second-order valence-electron chi connectivity index (χ2n) is 3.81. The van der Waals surface area contributed by atoms with Crippen LogP contribution in [0, 0.1) is 0 Å². The molecule has 4 nitrogen and oxygen atoms in total. The normalized spacial score (nSPS) is 13.8. The number of hydrogen-bond acceptors (Lipinski definition) is 4. The molecule has 0 saturated carbocycles. The molecule has 0 atom stereocenters. The molecule has 0 unspecified atom stereocenters. The van der Waals surface area contributed by atoms with Crippen LogP contribution in [0.2, 0.25) is 0 Å². The van der Waals surface area contributed by atoms with Crippen LogP contribution in [0.25, 0.3) is 0 Å². The lowest BCUT2D eigenvalue weighted by Crippen LogP contribution is -2.15. The van der Waals surface area contributed by atoms with Crippen molar-refractivity contribution < 1.29 is 14.3 Å². The van der Waals surface area contributed by atoms with E-state index < -0.39 is 0 Å². The van der Waals surface area contributed by atoms with E-state index in [2.05, 4.69) is 17.0 Å². The summed E-state index contributed by atoms with van der Waals surface area (Å²) in [5.74, 6) is 6.67. The molecule has 1 aliphatic heterocycles. The lowest BCUT2D eigenvalue weighted by Gasteiger charge is -2.18. The summed E-state index contributed by atoms with van der Waals surface area (Å²) < 4.78 is 11.0. The monoisotopic (exact) mass is 223 g/mol. The summed E-state index contributed by atoms with van der Waals surface area (Å²) in [4.78, 5) is 4.53. The van der Waals surface area contributed by atoms with Gasteiger partial charge in [0.05, 0.1) is 6.61 Å². The van der Waals surface area contributed by atoms with Crippen LogP contribution in [0.3, 0.4) is 0 Å². The maximum Gasteiger partial charge on any atom is 0.161 e. The topological polar surface area (TPSA) is 53.7 Å². The molecule has 0 spiro atoms. The van der Waals surface area contributed by atoms with Crippen LogP contribution in [0.4, 0.5) is 0 Å². The van der Waals surface area contributed by atoms with Gasteiger partial charge in [-0.2, -0.15) is 0 Å². The SMILES string of the molecule is NOCCCCc1ccc2c(c1)OCCO2. The number of rotatable bonds is 5. The quantitative estimate of drug-likeness (QED) is 0.609. The lowest BCUT2D eigenvalue weighted by molar-refractivity contribution is 0.134. The van der Waals surface area contributed by atoms with E-state index in [-0.39, 0.29) is 0 Å². The van der Waals surface area contributed by atoms with Crippen molar-refractivity contribution in [3.05, 3.63) is 23.8 Å². The van der Waals surface area contributed by atoms with Gasteiger partial charge in [-0.05, 0) is 37.0 Å². The highest BCUT2D eigenvalue weighted by atomic mass is 16.6. The average molecular weight is 223 g/mol. The molecule has 0 aromatic heterocycles. The summed E-state index contributed by atoms with van der Waals surface area (Å²) in [7, 11) is 0. The minimum absolute atomic E-state index is 0.616. The van der Waals surface area contributed by atoms with Gasteiger partial charge < -0.3 is 14.3 Å². The predicted octanol–water partition coefficient (Wildman–Crippen LogP) is 1.67. The molecule has 0 radical (unpaired) electrons. The van der Waals surface area contributed by atoms with Crippen molar-refractivity contribution in [2.45, 2.75) is 19.3 Å². The van der Waals surface area contributed by atoms with Crippen molar-refractivity contribution >= 4 is 0 Å². The number of hydrogen-bond donors (Lipinski definition) is 1. The molecule has 0 saturated heterocycles. The minimum atomic E-state index is 0.616. The van der Waals surface area contributed by atoms with E-state index in [0.717, 1.165) is 30.8 Å². The van der Waals surface area contributed by atoms with E-state index in [0.29, 0.717) is 19.8 Å². The highest BCUT2D eigenvalue weighted by Gasteiger charge is 2.11. The second kappa shape index (κ2) is 5.72. The first-order valence-electron chi connectivity index (χ1n) is 5.60. The number of benzene rings is 1. The Balaban J connectivity index is 1.90. The van der Waals surface area contributed by atoms with E-state index in [1.165, 1.54) is 5.56 Å². The zero-order valence-electron chi connectivity index (χ0n) is 9.28. The van der Waals surface area contributed by atoms with Gasteiger partial charge in [-0.3, -0.25) is 0 Å². The van der Waals surface area contributed by atoms with Crippen molar-refractivity contribution in [3.8, 4) is 11.5 Å². The van der Waals surface area contributed by atoms with Gasteiger partial charge in [0.25, 0.3) is 0 Å². The van der Waals surface area contributed by atoms with Gasteiger partial charge in [0.1, 0.15) is 13.2 Å². The summed E-state index contributed by atoms with van der Waals surface area (Å²) in [5.41, 5.74) is 1.27. The van der Waals surface area contributed by atoms with Crippen molar-refractivity contribution in [2.24, 2.45) is 5.90 Å². The number of nitrogens with two attached hydrogens (primary N) is 1. The molecule has 0 fully saturated rings. The zero-order chi connectivity index (χ0) is 11.2. The van der Waals surface area contributed by atoms with Crippen molar-refractivity contribution in [1.82, 2.24) is 0 Å². The number of unbranched alkanes of at least 4 members (excludes halogenated alkanes) is 1. The molecule has 2 rings (SSSR count). The Morgan fingerprint density at radius 3 is 2.75 bits per heavy atom. The fourth-order valence-corrected chi connectivity index (χ4v) is 1.76. The molecule has 16 heavy (non-hydrogen) atoms. The highest BCUT2D eigenvalue weighted by Crippen LogP contribution is 2.31. The predicted molar refractivity (Wildman–Crippen MR) is 60.5 cm³/mol. The van der Waals surface area contributed by atoms with E-state index in [4.69, 9.17) is 15.4 Å². The molecule has 0 aliphatic carbocycles. The number of ether oxygens (including phenoxy) is 2. The fraction of sp³-hybridized carbons (Fsp3) is 0.500. The van der Waals surface area contributed by atoms with Crippen LogP contribution in [-0.2, 0) is 11.3 Å². The number of aryl methyl sites for hydroxylation is 1. The van der Waals surface area contributed by atoms with E-state index in [9.17, 15) is 0 Å². The molecule has 1 aliphatic rings. The molecule has 1 heterocycles. The van der Waals surface area contributed by atoms with Crippen LogP contribution in [0.1, 0.15) is 18.4 Å². The van der Waals surface area contributed by atoms with E-state index in [1.54, 1.807) is 0 Å². The molecule has 1 aromatic rings. The van der Waals surface area contributed by atoms with Crippen molar-refractivity contribution in [2.75, 3.05) is 19.8 Å². The Morgan fingerprint density at radius 2 is 1.94 bits per heavy atom. The Bertz CT molecular complexity index is 341. The third-order valence-electron chi connectivity index (χ3n) is 2.58. The van der Waals surface area contributed by atoms with Gasteiger partial charge in [0, 0.05) is 0 Å². The second-order valence-corrected chi connectivity index (χ2v) is 3.81. The third-order valence-corrected chi connectivity index (χ3v) is 2.58. The Labute approximate surface area is 95.2 Å². The minimum Gasteiger partial charge on any atom is -0.486 e. The first-order chi connectivity index (χ1) is 7.90. The summed E-state index contributed by atoms with van der Waals surface area (Å²) in [5, 5.41) is 0. The molecule has 2 N–H and O–H groups in total. The summed E-state index contributed by atoms with van der Waals surface area (Å²) in [6, 6.07) is 6.11. The lowest BCUT2D eigenvalue weighted by atomic mass is 10.1. The van der Waals surface area contributed by atoms with Gasteiger partial charge in [0.2, 0.25) is 0 Å². The summed E-state index contributed by atoms with van der Waals surface area (Å²) in [6.07, 6.45) is 3.06. The van der Waals surface area contributed by atoms with Crippen LogP contribution in [-0.4, -0.2) is 19.8 Å².